The van der Waals surface area contributed by atoms with Crippen molar-refractivity contribution in [3.05, 3.63) is 136 Å². The fourth-order valence-corrected chi connectivity index (χ4v) is 6.96. The molecule has 4 aromatic carbocycles. The van der Waals surface area contributed by atoms with E-state index in [4.69, 9.17) is 0 Å². The van der Waals surface area contributed by atoms with Gasteiger partial charge in [0.1, 0.15) is 17.3 Å². The molecule has 3 aliphatic heterocycles. The molecule has 4 aromatic rings. The Balaban J connectivity index is 1.53. The number of nitrogens with one attached hydrogen (secondary N) is 1. The minimum Gasteiger partial charge on any atom is -0.352 e. The van der Waals surface area contributed by atoms with Crippen LogP contribution in [0, 0.1) is 11.7 Å². The van der Waals surface area contributed by atoms with Crippen LogP contribution in [0.3, 0.4) is 0 Å². The lowest BCUT2D eigenvalue weighted by atomic mass is 9.64. The Labute approximate surface area is 238 Å². The van der Waals surface area contributed by atoms with Crippen LogP contribution in [0.5, 0.6) is 0 Å². The van der Waals surface area contributed by atoms with Crippen molar-refractivity contribution in [1.29, 1.82) is 0 Å². The first-order valence-corrected chi connectivity index (χ1v) is 13.8. The number of benzene rings is 4. The van der Waals surface area contributed by atoms with Crippen molar-refractivity contribution < 1.29 is 18.8 Å². The van der Waals surface area contributed by atoms with Crippen LogP contribution in [0.15, 0.2) is 108 Å². The summed E-state index contributed by atoms with van der Waals surface area (Å²) in [5.41, 5.74) is 2.23. The van der Waals surface area contributed by atoms with Crippen LogP contribution in [0.25, 0.3) is 6.08 Å². The fraction of sp³-hybridized carbons (Fsp3) is 0.121. The molecule has 3 aliphatic rings. The molecule has 0 aromatic heterocycles. The molecule has 4 atom stereocenters. The number of fused-ring (bicyclic) bond motifs is 6. The van der Waals surface area contributed by atoms with Gasteiger partial charge in [0, 0.05) is 27.0 Å². The first-order chi connectivity index (χ1) is 19.4. The van der Waals surface area contributed by atoms with E-state index >= 15 is 0 Å². The molecule has 196 valence electrons. The molecule has 7 rings (SSSR count). The zero-order valence-corrected chi connectivity index (χ0v) is 22.6. The maximum absolute atomic E-state index is 14.6. The van der Waals surface area contributed by atoms with Crippen LogP contribution in [0.1, 0.15) is 31.8 Å². The van der Waals surface area contributed by atoms with Crippen molar-refractivity contribution in [1.82, 2.24) is 0 Å². The topological polar surface area (TPSA) is 66.5 Å². The van der Waals surface area contributed by atoms with E-state index in [1.165, 1.54) is 24.3 Å². The summed E-state index contributed by atoms with van der Waals surface area (Å²) < 4.78 is 14.7. The number of anilines is 2. The molecule has 1 saturated heterocycles. The van der Waals surface area contributed by atoms with E-state index in [0.717, 1.165) is 15.7 Å². The predicted octanol–water partition coefficient (Wildman–Crippen LogP) is 6.44. The molecule has 1 spiro atoms. The van der Waals surface area contributed by atoms with Crippen molar-refractivity contribution in [2.45, 2.75) is 17.5 Å². The third-order valence-corrected chi connectivity index (χ3v) is 8.88. The van der Waals surface area contributed by atoms with Crippen molar-refractivity contribution in [2.24, 2.45) is 5.92 Å². The number of rotatable bonds is 4. The van der Waals surface area contributed by atoms with Gasteiger partial charge in [-0.2, -0.15) is 0 Å². The monoisotopic (exact) mass is 592 g/mol. The van der Waals surface area contributed by atoms with Crippen LogP contribution < -0.4 is 10.2 Å². The SMILES string of the molecule is O=C(c1ccc(Br)cc1)C1C(C(=O)c2ccc(F)cc2)C2(C(=O)Nc3ccccc32)C2C=Cc3ccccc3N12. The summed E-state index contributed by atoms with van der Waals surface area (Å²) in [6.45, 7) is 0. The number of para-hydroxylation sites is 2. The number of hydrogen-bond donors (Lipinski definition) is 1. The normalized spacial score (nSPS) is 23.9. The predicted molar refractivity (Wildman–Crippen MR) is 155 cm³/mol. The van der Waals surface area contributed by atoms with Crippen LogP contribution >= 0.6 is 15.9 Å². The molecule has 0 radical (unpaired) electrons. The van der Waals surface area contributed by atoms with Gasteiger partial charge in [0.05, 0.1) is 12.0 Å². The summed E-state index contributed by atoms with van der Waals surface area (Å²) >= 11 is 3.43. The number of ketones is 2. The number of halogens is 2. The van der Waals surface area contributed by atoms with Crippen molar-refractivity contribution in [3.63, 3.8) is 0 Å². The summed E-state index contributed by atoms with van der Waals surface area (Å²) in [6, 6.07) is 25.7. The van der Waals surface area contributed by atoms with E-state index in [9.17, 15) is 18.8 Å². The molecule has 40 heavy (non-hydrogen) atoms. The molecule has 0 saturated carbocycles. The third kappa shape index (κ3) is 3.40. The molecule has 4 unspecified atom stereocenters. The second-order valence-corrected chi connectivity index (χ2v) is 11.2. The second-order valence-electron chi connectivity index (χ2n) is 10.3. The number of nitrogens with zero attached hydrogens (tertiary/aromatic N) is 1. The Hall–Kier alpha value is -4.36. The maximum atomic E-state index is 14.6. The van der Waals surface area contributed by atoms with Crippen molar-refractivity contribution in [3.8, 4) is 0 Å². The number of hydrogen-bond acceptors (Lipinski definition) is 4. The first-order valence-electron chi connectivity index (χ1n) is 13.0. The van der Waals surface area contributed by atoms with E-state index in [2.05, 4.69) is 21.2 Å². The van der Waals surface area contributed by atoms with E-state index in [1.54, 1.807) is 24.3 Å². The molecule has 0 aliphatic carbocycles. The lowest BCUT2D eigenvalue weighted by Gasteiger charge is -2.37. The molecule has 0 bridgehead atoms. The van der Waals surface area contributed by atoms with Crippen LogP contribution in [-0.4, -0.2) is 29.6 Å². The zero-order chi connectivity index (χ0) is 27.6. The summed E-state index contributed by atoms with van der Waals surface area (Å²) in [4.78, 5) is 45.4. The minimum absolute atomic E-state index is 0.244. The highest BCUT2D eigenvalue weighted by Crippen LogP contribution is 2.58. The standard InChI is InChI=1S/C33H22BrFN2O3/c34-22-14-9-21(10-15-22)31(39)29-28(30(38)20-11-16-23(35)17-12-20)33(24-6-2-3-7-25(24)36-32(33)40)27-18-13-19-5-1-4-8-26(19)37(27)29/h1-18,27-29H,(H,36,40). The zero-order valence-electron chi connectivity index (χ0n) is 21.1. The summed E-state index contributed by atoms with van der Waals surface area (Å²) in [6.07, 6.45) is 3.89. The second kappa shape index (κ2) is 9.10. The third-order valence-electron chi connectivity index (χ3n) is 8.35. The molecular formula is C33H22BrFN2O3. The average Bonchev–Trinajstić information content (AvgIpc) is 3.45. The van der Waals surface area contributed by atoms with E-state index in [1.807, 2.05) is 65.6 Å². The number of amides is 1. The lowest BCUT2D eigenvalue weighted by Crippen LogP contribution is -2.51. The van der Waals surface area contributed by atoms with E-state index in [0.29, 0.717) is 16.8 Å². The Kier molecular flexibility index (Phi) is 5.61. The Bertz CT molecular complexity index is 1730. The smallest absolute Gasteiger partial charge is 0.238 e. The summed E-state index contributed by atoms with van der Waals surface area (Å²) in [7, 11) is 0. The van der Waals surface area contributed by atoms with Gasteiger partial charge in [-0.15, -0.1) is 0 Å². The maximum Gasteiger partial charge on any atom is 0.238 e. The molecule has 5 nitrogen and oxygen atoms in total. The van der Waals surface area contributed by atoms with Crippen LogP contribution in [-0.2, 0) is 10.2 Å². The van der Waals surface area contributed by atoms with Gasteiger partial charge in [-0.05, 0) is 59.7 Å². The first kappa shape index (κ1) is 24.7. The van der Waals surface area contributed by atoms with Gasteiger partial charge in [-0.25, -0.2) is 4.39 Å². The summed E-state index contributed by atoms with van der Waals surface area (Å²) in [5, 5.41) is 3.01. The van der Waals surface area contributed by atoms with Crippen molar-refractivity contribution in [2.75, 3.05) is 10.2 Å². The minimum atomic E-state index is -1.40. The molecule has 1 fully saturated rings. The van der Waals surface area contributed by atoms with E-state index < -0.39 is 29.2 Å². The van der Waals surface area contributed by atoms with Gasteiger partial charge in [-0.3, -0.25) is 14.4 Å². The van der Waals surface area contributed by atoms with Gasteiger partial charge in [0.25, 0.3) is 0 Å². The number of Topliss-reactive ketones (excluding diaryl/α,β-unsaturated/α-hetero) is 2. The van der Waals surface area contributed by atoms with Crippen molar-refractivity contribution >= 4 is 50.9 Å². The molecule has 1 amide bonds. The van der Waals surface area contributed by atoms with Gasteiger partial charge in [0.2, 0.25) is 5.91 Å². The van der Waals surface area contributed by atoms with Gasteiger partial charge < -0.3 is 10.2 Å². The van der Waals surface area contributed by atoms with Crippen LogP contribution in [0.4, 0.5) is 15.8 Å². The molecule has 1 N–H and O–H groups in total. The Morgan fingerprint density at radius 3 is 2.25 bits per heavy atom. The number of carbonyl (C=O) groups is 3. The quantitative estimate of drug-likeness (QED) is 0.277. The largest absolute Gasteiger partial charge is 0.352 e. The highest BCUT2D eigenvalue weighted by molar-refractivity contribution is 9.10. The van der Waals surface area contributed by atoms with Gasteiger partial charge in [-0.1, -0.05) is 76.6 Å². The average molecular weight is 593 g/mol. The Morgan fingerprint density at radius 1 is 0.825 bits per heavy atom. The summed E-state index contributed by atoms with van der Waals surface area (Å²) in [5.74, 6) is -2.56. The molecule has 3 heterocycles. The van der Waals surface area contributed by atoms with Gasteiger partial charge in [0.15, 0.2) is 11.6 Å². The number of carbonyl (C=O) groups excluding carboxylic acids is 3. The Morgan fingerprint density at radius 2 is 1.48 bits per heavy atom. The van der Waals surface area contributed by atoms with E-state index in [-0.39, 0.29) is 23.0 Å². The fourth-order valence-electron chi connectivity index (χ4n) is 6.70. The molecule has 7 heteroatoms. The van der Waals surface area contributed by atoms with Gasteiger partial charge >= 0.3 is 0 Å². The highest BCUT2D eigenvalue weighted by atomic mass is 79.9. The van der Waals surface area contributed by atoms with Crippen LogP contribution in [0.2, 0.25) is 0 Å². The highest BCUT2D eigenvalue weighted by Gasteiger charge is 2.70. The lowest BCUT2D eigenvalue weighted by molar-refractivity contribution is -0.121. The molecular weight excluding hydrogens is 571 g/mol.